The number of carbonyl (C=O) groups excluding carboxylic acids is 3. The lowest BCUT2D eigenvalue weighted by molar-refractivity contribution is -0.150. The first-order valence-electron chi connectivity index (χ1n) is 7.56. The van der Waals surface area contributed by atoms with E-state index in [1.54, 1.807) is 6.20 Å². The first kappa shape index (κ1) is 16.5. The van der Waals surface area contributed by atoms with Gasteiger partial charge in [0.2, 0.25) is 18.2 Å². The number of imide groups is 3. The molecule has 8 heteroatoms. The Morgan fingerprint density at radius 2 is 1.72 bits per heavy atom. The fourth-order valence-electron chi connectivity index (χ4n) is 2.28. The Hall–Kier alpha value is -3.39. The first-order valence-corrected chi connectivity index (χ1v) is 7.56. The minimum absolute atomic E-state index is 0.0600. The van der Waals surface area contributed by atoms with Crippen LogP contribution in [0.1, 0.15) is 0 Å². The van der Waals surface area contributed by atoms with Gasteiger partial charge in [0.15, 0.2) is 5.82 Å². The van der Waals surface area contributed by atoms with Crippen LogP contribution in [0.5, 0.6) is 0 Å². The third kappa shape index (κ3) is 3.75. The summed E-state index contributed by atoms with van der Waals surface area (Å²) in [4.78, 5) is 43.9. The lowest BCUT2D eigenvalue weighted by Crippen LogP contribution is -2.51. The number of H-pyrrole nitrogens is 1. The van der Waals surface area contributed by atoms with Gasteiger partial charge in [-0.15, -0.1) is 0 Å². The normalized spacial score (nSPS) is 14.2. The second-order valence-electron chi connectivity index (χ2n) is 5.18. The van der Waals surface area contributed by atoms with E-state index in [1.807, 2.05) is 42.5 Å². The first-order chi connectivity index (χ1) is 12.2. The van der Waals surface area contributed by atoms with Gasteiger partial charge < -0.3 is 4.98 Å². The number of fused-ring (bicyclic) bond motifs is 1. The maximum absolute atomic E-state index is 10.6. The van der Waals surface area contributed by atoms with Gasteiger partial charge in [-0.2, -0.15) is 0 Å². The smallest absolute Gasteiger partial charge is 0.249 e. The van der Waals surface area contributed by atoms with E-state index in [-0.39, 0.29) is 19.5 Å². The predicted molar refractivity (Wildman–Crippen MR) is 90.1 cm³/mol. The van der Waals surface area contributed by atoms with Gasteiger partial charge in [0, 0.05) is 6.20 Å². The molecule has 3 amide bonds. The number of pyridine rings is 1. The fourth-order valence-corrected chi connectivity index (χ4v) is 2.28. The molecule has 0 saturated carbocycles. The monoisotopic (exact) mass is 337 g/mol. The van der Waals surface area contributed by atoms with Gasteiger partial charge in [0.1, 0.15) is 5.69 Å². The summed E-state index contributed by atoms with van der Waals surface area (Å²) in [6.07, 6.45) is 2.01. The van der Waals surface area contributed by atoms with Crippen LogP contribution >= 0.6 is 0 Å². The van der Waals surface area contributed by atoms with E-state index in [1.165, 1.54) is 0 Å². The second kappa shape index (κ2) is 7.45. The highest BCUT2D eigenvalue weighted by molar-refractivity contribution is 6.07. The van der Waals surface area contributed by atoms with Crippen molar-refractivity contribution in [2.45, 2.75) is 0 Å². The van der Waals surface area contributed by atoms with Crippen LogP contribution in [0.25, 0.3) is 22.6 Å². The van der Waals surface area contributed by atoms with Crippen LogP contribution in [0, 0.1) is 0 Å². The zero-order chi connectivity index (χ0) is 17.6. The number of piperazine rings is 1. The number of amides is 3. The van der Waals surface area contributed by atoms with Crippen LogP contribution < -0.4 is 5.32 Å². The van der Waals surface area contributed by atoms with Crippen LogP contribution in [0.4, 0.5) is 0 Å². The average Bonchev–Trinajstić information content (AvgIpc) is 3.07. The fraction of sp³-hybridized carbons (Fsp3) is 0.118. The Labute approximate surface area is 142 Å². The van der Waals surface area contributed by atoms with Crippen molar-refractivity contribution in [3.63, 3.8) is 0 Å². The SMILES string of the molecule is O=CN1C(=O)CNCC1=O.c1ccc(-c2nc3ccccc3[nH]2)nc1. The maximum atomic E-state index is 10.6. The number of imidazole rings is 1. The highest BCUT2D eigenvalue weighted by Crippen LogP contribution is 2.17. The number of para-hydroxylation sites is 2. The number of hydrogen-bond acceptors (Lipinski definition) is 6. The summed E-state index contributed by atoms with van der Waals surface area (Å²) in [6, 6.07) is 13.8. The number of rotatable bonds is 2. The van der Waals surface area contributed by atoms with Crippen molar-refractivity contribution in [2.24, 2.45) is 0 Å². The average molecular weight is 337 g/mol. The molecular formula is C17H15N5O3. The second-order valence-corrected chi connectivity index (χ2v) is 5.18. The number of benzene rings is 1. The van der Waals surface area contributed by atoms with Crippen molar-refractivity contribution in [1.82, 2.24) is 25.2 Å². The molecule has 126 valence electrons. The zero-order valence-corrected chi connectivity index (χ0v) is 13.2. The summed E-state index contributed by atoms with van der Waals surface area (Å²) in [5.74, 6) is -0.172. The number of aromatic amines is 1. The van der Waals surface area contributed by atoms with E-state index >= 15 is 0 Å². The molecule has 2 aromatic heterocycles. The van der Waals surface area contributed by atoms with Crippen LogP contribution in [-0.2, 0) is 14.4 Å². The topological polar surface area (TPSA) is 108 Å². The van der Waals surface area contributed by atoms with Gasteiger partial charge in [0.05, 0.1) is 24.1 Å². The molecule has 0 bridgehead atoms. The summed E-state index contributed by atoms with van der Waals surface area (Å²) < 4.78 is 0. The van der Waals surface area contributed by atoms with Crippen LogP contribution in [-0.4, -0.2) is 51.2 Å². The molecule has 2 N–H and O–H groups in total. The molecule has 3 aromatic rings. The molecule has 1 aromatic carbocycles. The van der Waals surface area contributed by atoms with E-state index in [0.717, 1.165) is 22.6 Å². The van der Waals surface area contributed by atoms with Crippen LogP contribution in [0.3, 0.4) is 0 Å². The van der Waals surface area contributed by atoms with Crippen molar-refractivity contribution in [2.75, 3.05) is 13.1 Å². The lowest BCUT2D eigenvalue weighted by Gasteiger charge is -2.18. The van der Waals surface area contributed by atoms with Crippen LogP contribution in [0.2, 0.25) is 0 Å². The molecule has 1 aliphatic rings. The van der Waals surface area contributed by atoms with Crippen molar-refractivity contribution in [3.05, 3.63) is 48.7 Å². The Morgan fingerprint density at radius 3 is 2.32 bits per heavy atom. The maximum Gasteiger partial charge on any atom is 0.249 e. The third-order valence-corrected chi connectivity index (χ3v) is 3.49. The standard InChI is InChI=1S/C12H9N3.C5H6N2O3/c1-2-6-10-9(5-1)14-12(15-10)11-7-3-4-8-13-11;8-3-7-4(9)1-6-2-5(7)10/h1-8H,(H,14,15);3,6H,1-2H2. The molecule has 1 saturated heterocycles. The quantitative estimate of drug-likeness (QED) is 0.527. The van der Waals surface area contributed by atoms with E-state index < -0.39 is 11.8 Å². The van der Waals surface area contributed by atoms with Gasteiger partial charge in [-0.3, -0.25) is 24.7 Å². The van der Waals surface area contributed by atoms with Crippen molar-refractivity contribution < 1.29 is 14.4 Å². The van der Waals surface area contributed by atoms with Gasteiger partial charge in [-0.1, -0.05) is 18.2 Å². The molecule has 8 nitrogen and oxygen atoms in total. The summed E-state index contributed by atoms with van der Waals surface area (Å²) in [5, 5.41) is 2.55. The van der Waals surface area contributed by atoms with Gasteiger partial charge in [0.25, 0.3) is 0 Å². The molecule has 1 aliphatic heterocycles. The number of aromatic nitrogens is 3. The predicted octanol–water partition coefficient (Wildman–Crippen LogP) is 0.726. The van der Waals surface area contributed by atoms with Crippen molar-refractivity contribution in [1.29, 1.82) is 0 Å². The molecule has 25 heavy (non-hydrogen) atoms. The summed E-state index contributed by atoms with van der Waals surface area (Å²) in [7, 11) is 0. The molecular weight excluding hydrogens is 322 g/mol. The van der Waals surface area contributed by atoms with Crippen molar-refractivity contribution >= 4 is 29.3 Å². The Bertz CT molecular complexity index is 858. The summed E-state index contributed by atoms with van der Waals surface area (Å²) >= 11 is 0. The van der Waals surface area contributed by atoms with E-state index in [4.69, 9.17) is 0 Å². The summed E-state index contributed by atoms with van der Waals surface area (Å²) in [6.45, 7) is 0.120. The molecule has 1 fully saturated rings. The van der Waals surface area contributed by atoms with Gasteiger partial charge in [-0.05, 0) is 24.3 Å². The minimum atomic E-state index is -0.494. The number of nitrogens with one attached hydrogen (secondary N) is 2. The molecule has 0 aliphatic carbocycles. The van der Waals surface area contributed by atoms with Crippen molar-refractivity contribution in [3.8, 4) is 11.5 Å². The van der Waals surface area contributed by atoms with Crippen LogP contribution in [0.15, 0.2) is 48.7 Å². The minimum Gasteiger partial charge on any atom is -0.337 e. The summed E-state index contributed by atoms with van der Waals surface area (Å²) in [5.41, 5.74) is 2.88. The Kier molecular flexibility index (Phi) is 4.91. The largest absolute Gasteiger partial charge is 0.337 e. The Morgan fingerprint density at radius 1 is 1.00 bits per heavy atom. The van der Waals surface area contributed by atoms with E-state index in [2.05, 4.69) is 20.3 Å². The number of carbonyl (C=O) groups is 3. The number of nitrogens with zero attached hydrogens (tertiary/aromatic N) is 3. The van der Waals surface area contributed by atoms with E-state index in [0.29, 0.717) is 4.90 Å². The molecule has 3 heterocycles. The lowest BCUT2D eigenvalue weighted by atomic mass is 10.3. The molecule has 0 spiro atoms. The third-order valence-electron chi connectivity index (χ3n) is 3.49. The molecule has 0 radical (unpaired) electrons. The van der Waals surface area contributed by atoms with E-state index in [9.17, 15) is 14.4 Å². The molecule has 4 rings (SSSR count). The number of hydrogen-bond donors (Lipinski definition) is 2. The highest BCUT2D eigenvalue weighted by Gasteiger charge is 2.24. The zero-order valence-electron chi connectivity index (χ0n) is 13.2. The van der Waals surface area contributed by atoms with Gasteiger partial charge >= 0.3 is 0 Å². The highest BCUT2D eigenvalue weighted by atomic mass is 16.2. The van der Waals surface area contributed by atoms with Gasteiger partial charge in [-0.25, -0.2) is 9.88 Å². The molecule has 0 atom stereocenters. The molecule has 0 unspecified atom stereocenters. The Balaban J connectivity index is 0.000000160.